The summed E-state index contributed by atoms with van der Waals surface area (Å²) in [5, 5.41) is 0. The average Bonchev–Trinajstić information content (AvgIpc) is 2.30. The average molecular weight is 336 g/mol. The van der Waals surface area contributed by atoms with Gasteiger partial charge in [-0.15, -0.1) is 0 Å². The molecule has 0 N–H and O–H groups in total. The first-order chi connectivity index (χ1) is 7.31. The van der Waals surface area contributed by atoms with Crippen LogP contribution >= 0.6 is 22.6 Å². The highest BCUT2D eigenvalue weighted by Gasteiger charge is 2.23. The van der Waals surface area contributed by atoms with E-state index in [2.05, 4.69) is 46.9 Å². The van der Waals surface area contributed by atoms with Crippen molar-refractivity contribution in [2.24, 2.45) is 0 Å². The summed E-state index contributed by atoms with van der Waals surface area (Å²) in [6.45, 7) is 0. The molecule has 2 nitrogen and oxygen atoms in total. The second kappa shape index (κ2) is 7.37. The molecular formula is C11H17IO2Si. The molecule has 1 aromatic rings. The van der Waals surface area contributed by atoms with Crippen molar-refractivity contribution in [1.29, 1.82) is 0 Å². The van der Waals surface area contributed by atoms with Gasteiger partial charge in [0.1, 0.15) is 0 Å². The van der Waals surface area contributed by atoms with E-state index in [1.165, 1.54) is 5.56 Å². The fourth-order valence-electron chi connectivity index (χ4n) is 1.62. The Morgan fingerprint density at radius 1 is 1.20 bits per heavy atom. The van der Waals surface area contributed by atoms with Gasteiger partial charge in [-0.1, -0.05) is 52.9 Å². The zero-order chi connectivity index (χ0) is 11.1. The molecule has 84 valence electrons. The highest BCUT2D eigenvalue weighted by atomic mass is 127. The van der Waals surface area contributed by atoms with E-state index < -0.39 is 9.28 Å². The van der Waals surface area contributed by atoms with Gasteiger partial charge in [-0.05, 0) is 12.0 Å². The first-order valence-electron chi connectivity index (χ1n) is 4.97. The van der Waals surface area contributed by atoms with Gasteiger partial charge in [-0.2, -0.15) is 0 Å². The third kappa shape index (κ3) is 4.22. The summed E-state index contributed by atoms with van der Waals surface area (Å²) in [7, 11) is 2.02. The molecule has 0 saturated carbocycles. The van der Waals surface area contributed by atoms with Gasteiger partial charge < -0.3 is 8.85 Å². The normalized spacial score (nSPS) is 13.1. The van der Waals surface area contributed by atoms with Crippen LogP contribution in [0.2, 0.25) is 5.54 Å². The summed E-state index contributed by atoms with van der Waals surface area (Å²) in [6, 6.07) is 10.5. The van der Waals surface area contributed by atoms with Crippen molar-refractivity contribution in [2.45, 2.75) is 12.0 Å². The van der Waals surface area contributed by atoms with Gasteiger partial charge in [0.25, 0.3) is 0 Å². The standard InChI is InChI=1S/C11H17IO2Si/c1-13-15(14-2)11(9-12)8-10-6-4-3-5-7-10/h3-7,11,15H,8-9H2,1-2H3. The quantitative estimate of drug-likeness (QED) is 0.452. The molecule has 0 aliphatic rings. The van der Waals surface area contributed by atoms with Crippen LogP contribution in [0.15, 0.2) is 30.3 Å². The number of benzene rings is 1. The Morgan fingerprint density at radius 2 is 1.80 bits per heavy atom. The van der Waals surface area contributed by atoms with Crippen LogP contribution in [0.3, 0.4) is 0 Å². The minimum Gasteiger partial charge on any atom is -0.400 e. The molecule has 1 aromatic carbocycles. The monoisotopic (exact) mass is 336 g/mol. The Bertz CT molecular complexity index is 265. The summed E-state index contributed by atoms with van der Waals surface area (Å²) >= 11 is 2.41. The van der Waals surface area contributed by atoms with E-state index in [-0.39, 0.29) is 0 Å². The van der Waals surface area contributed by atoms with Gasteiger partial charge in [-0.3, -0.25) is 0 Å². The van der Waals surface area contributed by atoms with E-state index >= 15 is 0 Å². The van der Waals surface area contributed by atoms with Crippen LogP contribution in [0, 0.1) is 0 Å². The molecule has 1 rings (SSSR count). The van der Waals surface area contributed by atoms with Crippen LogP contribution in [0.5, 0.6) is 0 Å². The van der Waals surface area contributed by atoms with Gasteiger partial charge in [0, 0.05) is 24.2 Å². The minimum absolute atomic E-state index is 0.544. The number of hydrogen-bond acceptors (Lipinski definition) is 2. The lowest BCUT2D eigenvalue weighted by Gasteiger charge is -2.20. The molecule has 0 bridgehead atoms. The Balaban J connectivity index is 2.61. The molecule has 0 spiro atoms. The van der Waals surface area contributed by atoms with Crippen molar-refractivity contribution in [3.05, 3.63) is 35.9 Å². The maximum absolute atomic E-state index is 5.44. The largest absolute Gasteiger partial charge is 0.400 e. The topological polar surface area (TPSA) is 18.5 Å². The number of hydrogen-bond donors (Lipinski definition) is 0. The number of halogens is 1. The Morgan fingerprint density at radius 3 is 2.27 bits per heavy atom. The second-order valence-electron chi connectivity index (χ2n) is 3.44. The van der Waals surface area contributed by atoms with Crippen LogP contribution in [0.25, 0.3) is 0 Å². The summed E-state index contributed by atoms with van der Waals surface area (Å²) in [6.07, 6.45) is 1.06. The van der Waals surface area contributed by atoms with Crippen LogP contribution in [0.1, 0.15) is 5.56 Å². The van der Waals surface area contributed by atoms with Crippen molar-refractivity contribution in [3.8, 4) is 0 Å². The summed E-state index contributed by atoms with van der Waals surface area (Å²) in [5.41, 5.74) is 1.91. The zero-order valence-corrected chi connectivity index (χ0v) is 12.5. The fraction of sp³-hybridized carbons (Fsp3) is 0.455. The van der Waals surface area contributed by atoms with Crippen molar-refractivity contribution >= 4 is 31.9 Å². The summed E-state index contributed by atoms with van der Waals surface area (Å²) in [5.74, 6) is 0. The van der Waals surface area contributed by atoms with Gasteiger partial charge >= 0.3 is 9.28 Å². The van der Waals surface area contributed by atoms with Crippen LogP contribution in [-0.4, -0.2) is 27.9 Å². The van der Waals surface area contributed by atoms with Crippen molar-refractivity contribution in [3.63, 3.8) is 0 Å². The second-order valence-corrected chi connectivity index (χ2v) is 6.95. The highest BCUT2D eigenvalue weighted by Crippen LogP contribution is 2.21. The summed E-state index contributed by atoms with van der Waals surface area (Å²) in [4.78, 5) is 0. The van der Waals surface area contributed by atoms with Crippen LogP contribution in [-0.2, 0) is 15.3 Å². The lowest BCUT2D eigenvalue weighted by Crippen LogP contribution is -2.28. The Labute approximate surface area is 107 Å². The maximum atomic E-state index is 5.44. The predicted octanol–water partition coefficient (Wildman–Crippen LogP) is 2.55. The molecule has 1 unspecified atom stereocenters. The van der Waals surface area contributed by atoms with E-state index in [1.54, 1.807) is 14.2 Å². The minimum atomic E-state index is -1.48. The molecule has 1 atom stereocenters. The smallest absolute Gasteiger partial charge is 0.325 e. The van der Waals surface area contributed by atoms with E-state index in [1.807, 2.05) is 6.07 Å². The van der Waals surface area contributed by atoms with Gasteiger partial charge in [0.05, 0.1) is 0 Å². The molecule has 0 amide bonds. The molecule has 0 aliphatic carbocycles. The van der Waals surface area contributed by atoms with Crippen LogP contribution in [0.4, 0.5) is 0 Å². The molecule has 0 radical (unpaired) electrons. The van der Waals surface area contributed by atoms with E-state index in [9.17, 15) is 0 Å². The molecule has 0 aromatic heterocycles. The predicted molar refractivity (Wildman–Crippen MR) is 74.0 cm³/mol. The van der Waals surface area contributed by atoms with E-state index in [0.29, 0.717) is 5.54 Å². The van der Waals surface area contributed by atoms with Gasteiger partial charge in [-0.25, -0.2) is 0 Å². The SMILES string of the molecule is CO[SiH](OC)C(CI)Cc1ccccc1. The lowest BCUT2D eigenvalue weighted by atomic mass is 10.1. The van der Waals surface area contributed by atoms with Crippen molar-refractivity contribution in [1.82, 2.24) is 0 Å². The zero-order valence-electron chi connectivity index (χ0n) is 9.15. The fourth-order valence-corrected chi connectivity index (χ4v) is 4.75. The first kappa shape index (κ1) is 13.2. The molecule has 0 heterocycles. The summed E-state index contributed by atoms with van der Waals surface area (Å²) < 4.78 is 12.0. The Kier molecular flexibility index (Phi) is 6.47. The molecule has 4 heteroatoms. The van der Waals surface area contributed by atoms with E-state index in [0.717, 1.165) is 10.8 Å². The lowest BCUT2D eigenvalue weighted by molar-refractivity contribution is 0.268. The molecule has 0 fully saturated rings. The number of alkyl halides is 1. The third-order valence-corrected chi connectivity index (χ3v) is 6.65. The van der Waals surface area contributed by atoms with Gasteiger partial charge in [0.2, 0.25) is 0 Å². The third-order valence-electron chi connectivity index (χ3n) is 2.39. The maximum Gasteiger partial charge on any atom is 0.325 e. The molecular weight excluding hydrogens is 319 g/mol. The van der Waals surface area contributed by atoms with Gasteiger partial charge in [0.15, 0.2) is 0 Å². The van der Waals surface area contributed by atoms with Crippen molar-refractivity contribution < 1.29 is 8.85 Å². The van der Waals surface area contributed by atoms with Crippen LogP contribution < -0.4 is 0 Å². The van der Waals surface area contributed by atoms with E-state index in [4.69, 9.17) is 8.85 Å². The number of rotatable bonds is 6. The molecule has 0 aliphatic heterocycles. The molecule has 0 saturated heterocycles. The molecule has 15 heavy (non-hydrogen) atoms. The Hall–Kier alpha value is 0.0869. The highest BCUT2D eigenvalue weighted by molar-refractivity contribution is 14.1. The first-order valence-corrected chi connectivity index (χ1v) is 8.10. The van der Waals surface area contributed by atoms with Crippen molar-refractivity contribution in [2.75, 3.05) is 18.6 Å².